The Morgan fingerprint density at radius 1 is 1.40 bits per heavy atom. The average molecular weight is 323 g/mol. The number of nitrogens with zero attached hydrogens (tertiary/aromatic N) is 2. The van der Waals surface area contributed by atoms with Crippen molar-refractivity contribution in [3.05, 3.63) is 11.4 Å². The van der Waals surface area contributed by atoms with E-state index in [9.17, 15) is 8.42 Å². The summed E-state index contributed by atoms with van der Waals surface area (Å²) in [5.74, 6) is 0.292. The second-order valence-corrected chi connectivity index (χ2v) is 6.97. The molecule has 1 aromatic rings. The molecule has 116 valence electrons. The van der Waals surface area contributed by atoms with Gasteiger partial charge in [-0.2, -0.15) is 5.10 Å². The van der Waals surface area contributed by atoms with Crippen molar-refractivity contribution in [2.24, 2.45) is 13.0 Å². The highest BCUT2D eigenvalue weighted by atomic mass is 35.5. The van der Waals surface area contributed by atoms with Crippen LogP contribution in [-0.4, -0.2) is 37.3 Å². The highest BCUT2D eigenvalue weighted by Crippen LogP contribution is 2.21. The van der Waals surface area contributed by atoms with Crippen LogP contribution in [0.25, 0.3) is 0 Å². The number of hydrogen-bond donors (Lipinski definition) is 2. The first-order chi connectivity index (χ1) is 8.83. The van der Waals surface area contributed by atoms with Gasteiger partial charge in [0.15, 0.2) is 0 Å². The van der Waals surface area contributed by atoms with Gasteiger partial charge in [0.1, 0.15) is 4.90 Å². The van der Waals surface area contributed by atoms with Gasteiger partial charge < -0.3 is 5.32 Å². The Morgan fingerprint density at radius 3 is 2.55 bits per heavy atom. The van der Waals surface area contributed by atoms with Crippen molar-refractivity contribution >= 4 is 22.4 Å². The lowest BCUT2D eigenvalue weighted by atomic mass is 9.97. The maximum atomic E-state index is 12.5. The standard InChI is InChI=1S/C12H22N4O2S.ClH/c1-8-7-13-6-5-11(8)15-19(17,18)12-9(2)14-16(4)10(12)3;/h8,11,13,15H,5-7H2,1-4H3;1H. The molecule has 2 atom stereocenters. The van der Waals surface area contributed by atoms with Crippen LogP contribution in [0, 0.1) is 19.8 Å². The largest absolute Gasteiger partial charge is 0.316 e. The molecule has 6 nitrogen and oxygen atoms in total. The summed E-state index contributed by atoms with van der Waals surface area (Å²) in [4.78, 5) is 0.320. The molecule has 0 radical (unpaired) electrons. The second-order valence-electron chi connectivity index (χ2n) is 5.32. The van der Waals surface area contributed by atoms with Gasteiger partial charge in [-0.3, -0.25) is 4.68 Å². The number of hydrogen-bond acceptors (Lipinski definition) is 4. The topological polar surface area (TPSA) is 76.0 Å². The molecule has 1 aliphatic rings. The molecular formula is C12H23ClN4O2S. The van der Waals surface area contributed by atoms with Crippen LogP contribution in [0.3, 0.4) is 0 Å². The van der Waals surface area contributed by atoms with E-state index in [1.165, 1.54) is 0 Å². The van der Waals surface area contributed by atoms with Crippen LogP contribution < -0.4 is 10.0 Å². The summed E-state index contributed by atoms with van der Waals surface area (Å²) in [5, 5.41) is 7.44. The monoisotopic (exact) mass is 322 g/mol. The fourth-order valence-corrected chi connectivity index (χ4v) is 4.41. The quantitative estimate of drug-likeness (QED) is 0.860. The molecule has 1 saturated heterocycles. The summed E-state index contributed by atoms with van der Waals surface area (Å²) in [6.45, 7) is 7.26. The van der Waals surface area contributed by atoms with E-state index in [0.717, 1.165) is 19.5 Å². The summed E-state index contributed by atoms with van der Waals surface area (Å²) < 4.78 is 29.5. The Hall–Kier alpha value is -0.630. The number of sulfonamides is 1. The SMILES string of the molecule is Cc1nn(C)c(C)c1S(=O)(=O)NC1CCNCC1C.Cl. The summed E-state index contributed by atoms with van der Waals surface area (Å²) in [7, 11) is -1.74. The van der Waals surface area contributed by atoms with Crippen LogP contribution in [0.4, 0.5) is 0 Å². The Morgan fingerprint density at radius 2 is 2.05 bits per heavy atom. The molecule has 0 aromatic carbocycles. The van der Waals surface area contributed by atoms with E-state index in [0.29, 0.717) is 22.2 Å². The molecule has 2 unspecified atom stereocenters. The molecule has 1 aromatic heterocycles. The number of halogens is 1. The minimum atomic E-state index is -3.49. The molecule has 0 amide bonds. The lowest BCUT2D eigenvalue weighted by Gasteiger charge is -2.29. The first-order valence-corrected chi connectivity index (χ1v) is 8.04. The minimum Gasteiger partial charge on any atom is -0.316 e. The van der Waals surface area contributed by atoms with Gasteiger partial charge in [-0.05, 0) is 39.3 Å². The van der Waals surface area contributed by atoms with Crippen molar-refractivity contribution < 1.29 is 8.42 Å². The van der Waals surface area contributed by atoms with Crippen molar-refractivity contribution in [2.45, 2.75) is 38.1 Å². The Kier molecular flexibility index (Phi) is 5.60. The lowest BCUT2D eigenvalue weighted by Crippen LogP contribution is -2.48. The molecule has 2 rings (SSSR count). The Balaban J connectivity index is 0.00000200. The number of nitrogens with one attached hydrogen (secondary N) is 2. The fourth-order valence-electron chi connectivity index (χ4n) is 2.59. The number of aryl methyl sites for hydroxylation is 2. The first-order valence-electron chi connectivity index (χ1n) is 6.56. The summed E-state index contributed by atoms with van der Waals surface area (Å²) >= 11 is 0. The van der Waals surface area contributed by atoms with Gasteiger partial charge in [0.25, 0.3) is 0 Å². The van der Waals surface area contributed by atoms with Crippen LogP contribution in [0.5, 0.6) is 0 Å². The van der Waals surface area contributed by atoms with Gasteiger partial charge in [0.05, 0.1) is 11.4 Å². The molecule has 1 fully saturated rings. The van der Waals surface area contributed by atoms with Crippen LogP contribution in [0.1, 0.15) is 24.7 Å². The zero-order valence-electron chi connectivity index (χ0n) is 12.3. The third kappa shape index (κ3) is 3.33. The van der Waals surface area contributed by atoms with Crippen molar-refractivity contribution in [3.63, 3.8) is 0 Å². The van der Waals surface area contributed by atoms with Gasteiger partial charge in [-0.15, -0.1) is 12.4 Å². The predicted molar refractivity (Wildman–Crippen MR) is 80.7 cm³/mol. The van der Waals surface area contributed by atoms with E-state index in [1.807, 2.05) is 0 Å². The van der Waals surface area contributed by atoms with E-state index < -0.39 is 10.0 Å². The van der Waals surface area contributed by atoms with E-state index in [1.54, 1.807) is 25.6 Å². The van der Waals surface area contributed by atoms with Crippen LogP contribution in [-0.2, 0) is 17.1 Å². The van der Waals surface area contributed by atoms with Crippen LogP contribution in [0.15, 0.2) is 4.90 Å². The zero-order chi connectivity index (χ0) is 14.2. The number of aromatic nitrogens is 2. The molecule has 2 heterocycles. The lowest BCUT2D eigenvalue weighted by molar-refractivity contribution is 0.328. The van der Waals surface area contributed by atoms with Gasteiger partial charge in [-0.25, -0.2) is 13.1 Å². The molecule has 0 spiro atoms. The average Bonchev–Trinajstić information content (AvgIpc) is 2.56. The second kappa shape index (κ2) is 6.43. The van der Waals surface area contributed by atoms with Gasteiger partial charge in [0, 0.05) is 13.1 Å². The Bertz CT molecular complexity index is 570. The van der Waals surface area contributed by atoms with E-state index in [-0.39, 0.29) is 18.4 Å². The first kappa shape index (κ1) is 17.4. The molecule has 0 bridgehead atoms. The molecule has 0 saturated carbocycles. The molecule has 0 aliphatic carbocycles. The minimum absolute atomic E-state index is 0. The molecule has 20 heavy (non-hydrogen) atoms. The van der Waals surface area contributed by atoms with E-state index in [4.69, 9.17) is 0 Å². The van der Waals surface area contributed by atoms with Crippen LogP contribution >= 0.6 is 12.4 Å². The zero-order valence-corrected chi connectivity index (χ0v) is 13.9. The van der Waals surface area contributed by atoms with Crippen molar-refractivity contribution in [2.75, 3.05) is 13.1 Å². The normalized spacial score (nSPS) is 23.4. The van der Waals surface area contributed by atoms with Gasteiger partial charge >= 0.3 is 0 Å². The third-order valence-corrected chi connectivity index (χ3v) is 5.54. The van der Waals surface area contributed by atoms with Crippen molar-refractivity contribution in [3.8, 4) is 0 Å². The summed E-state index contributed by atoms with van der Waals surface area (Å²) in [6, 6.07) is -0.00902. The van der Waals surface area contributed by atoms with Crippen molar-refractivity contribution in [1.29, 1.82) is 0 Å². The van der Waals surface area contributed by atoms with E-state index in [2.05, 4.69) is 22.1 Å². The Labute approximate surface area is 126 Å². The molecule has 8 heteroatoms. The number of piperidine rings is 1. The highest BCUT2D eigenvalue weighted by molar-refractivity contribution is 7.89. The van der Waals surface area contributed by atoms with Gasteiger partial charge in [0.2, 0.25) is 10.0 Å². The smallest absolute Gasteiger partial charge is 0.244 e. The predicted octanol–water partition coefficient (Wildman–Crippen LogP) is 0.735. The van der Waals surface area contributed by atoms with Gasteiger partial charge in [-0.1, -0.05) is 6.92 Å². The summed E-state index contributed by atoms with van der Waals surface area (Å²) in [5.41, 5.74) is 1.22. The number of rotatable bonds is 3. The summed E-state index contributed by atoms with van der Waals surface area (Å²) in [6.07, 6.45) is 0.818. The highest BCUT2D eigenvalue weighted by Gasteiger charge is 2.30. The molecule has 2 N–H and O–H groups in total. The maximum absolute atomic E-state index is 12.5. The maximum Gasteiger partial charge on any atom is 0.244 e. The van der Waals surface area contributed by atoms with Crippen LogP contribution in [0.2, 0.25) is 0 Å². The fraction of sp³-hybridized carbons (Fsp3) is 0.750. The molecular weight excluding hydrogens is 300 g/mol. The third-order valence-electron chi connectivity index (χ3n) is 3.80. The van der Waals surface area contributed by atoms with Crippen molar-refractivity contribution in [1.82, 2.24) is 19.8 Å². The van der Waals surface area contributed by atoms with E-state index >= 15 is 0 Å². The molecule has 1 aliphatic heterocycles.